The Morgan fingerprint density at radius 3 is 2.31 bits per heavy atom. The first-order chi connectivity index (χ1) is 15.6. The second kappa shape index (κ2) is 9.81. The molecule has 0 spiro atoms. The fourth-order valence-corrected chi connectivity index (χ4v) is 4.05. The Bertz CT molecular complexity index is 1230. The summed E-state index contributed by atoms with van der Waals surface area (Å²) in [6.07, 6.45) is 6.65. The zero-order valence-corrected chi connectivity index (χ0v) is 18.9. The number of carbonyl (C=O) groups excluding carboxylic acids is 1. The van der Waals surface area contributed by atoms with E-state index in [9.17, 15) is 4.79 Å². The third kappa shape index (κ3) is 4.31. The van der Waals surface area contributed by atoms with Crippen molar-refractivity contribution in [2.75, 3.05) is 12.3 Å². The van der Waals surface area contributed by atoms with Crippen LogP contribution in [0.15, 0.2) is 48.5 Å². The SMILES string of the molecule is CCCCCCCNC(=O)c1c(N)n(-c2ccc(CC)cc2)c2nc3ccccc3nc12. The van der Waals surface area contributed by atoms with Crippen LogP contribution in [-0.2, 0) is 6.42 Å². The number of benzene rings is 2. The number of anilines is 1. The first kappa shape index (κ1) is 21.8. The van der Waals surface area contributed by atoms with Crippen LogP contribution in [0.5, 0.6) is 0 Å². The zero-order chi connectivity index (χ0) is 22.5. The summed E-state index contributed by atoms with van der Waals surface area (Å²) in [4.78, 5) is 22.8. The average molecular weight is 430 g/mol. The molecule has 1 amide bonds. The smallest absolute Gasteiger partial charge is 0.257 e. The number of aromatic nitrogens is 3. The summed E-state index contributed by atoms with van der Waals surface area (Å²) < 4.78 is 1.84. The molecule has 0 aliphatic heterocycles. The molecule has 4 aromatic rings. The number of hydrogen-bond donors (Lipinski definition) is 2. The molecule has 0 fully saturated rings. The van der Waals surface area contributed by atoms with Gasteiger partial charge in [0.25, 0.3) is 5.91 Å². The predicted molar refractivity (Wildman–Crippen MR) is 131 cm³/mol. The molecule has 0 radical (unpaired) electrons. The molecule has 0 aliphatic rings. The molecule has 6 nitrogen and oxygen atoms in total. The van der Waals surface area contributed by atoms with Gasteiger partial charge in [-0.05, 0) is 42.7 Å². The Kier molecular flexibility index (Phi) is 6.69. The molecule has 0 aliphatic carbocycles. The van der Waals surface area contributed by atoms with Gasteiger partial charge in [0.15, 0.2) is 5.65 Å². The van der Waals surface area contributed by atoms with E-state index in [0.29, 0.717) is 29.1 Å². The fourth-order valence-electron chi connectivity index (χ4n) is 4.05. The van der Waals surface area contributed by atoms with Crippen LogP contribution < -0.4 is 11.1 Å². The van der Waals surface area contributed by atoms with Crippen molar-refractivity contribution in [3.05, 3.63) is 59.7 Å². The summed E-state index contributed by atoms with van der Waals surface area (Å²) in [6, 6.07) is 15.9. The average Bonchev–Trinajstić information content (AvgIpc) is 3.10. The van der Waals surface area contributed by atoms with Crippen molar-refractivity contribution in [1.82, 2.24) is 19.9 Å². The van der Waals surface area contributed by atoms with Crippen molar-refractivity contribution < 1.29 is 4.79 Å². The topological polar surface area (TPSA) is 85.8 Å². The summed E-state index contributed by atoms with van der Waals surface area (Å²) in [6.45, 7) is 4.94. The number of nitrogens with one attached hydrogen (secondary N) is 1. The van der Waals surface area contributed by atoms with Crippen molar-refractivity contribution in [2.24, 2.45) is 0 Å². The lowest BCUT2D eigenvalue weighted by molar-refractivity contribution is 0.0955. The molecule has 2 aromatic heterocycles. The van der Waals surface area contributed by atoms with E-state index < -0.39 is 0 Å². The molecule has 6 heteroatoms. The van der Waals surface area contributed by atoms with Crippen LogP contribution in [0.1, 0.15) is 61.9 Å². The van der Waals surface area contributed by atoms with Gasteiger partial charge in [0.05, 0.1) is 11.0 Å². The minimum absolute atomic E-state index is 0.198. The Balaban J connectivity index is 1.75. The number of hydrogen-bond acceptors (Lipinski definition) is 4. The van der Waals surface area contributed by atoms with E-state index >= 15 is 0 Å². The van der Waals surface area contributed by atoms with Crippen LogP contribution in [-0.4, -0.2) is 27.0 Å². The van der Waals surface area contributed by atoms with Gasteiger partial charge in [-0.1, -0.05) is 63.8 Å². The van der Waals surface area contributed by atoms with Crippen LogP contribution in [0.25, 0.3) is 27.9 Å². The van der Waals surface area contributed by atoms with Crippen molar-refractivity contribution in [3.8, 4) is 5.69 Å². The van der Waals surface area contributed by atoms with E-state index in [2.05, 4.69) is 31.3 Å². The number of rotatable bonds is 9. The van der Waals surface area contributed by atoms with Crippen molar-refractivity contribution in [2.45, 2.75) is 52.4 Å². The number of nitrogens with zero attached hydrogens (tertiary/aromatic N) is 3. The van der Waals surface area contributed by atoms with Crippen LogP contribution in [0.4, 0.5) is 5.82 Å². The molecule has 0 atom stereocenters. The van der Waals surface area contributed by atoms with Gasteiger partial charge in [-0.2, -0.15) is 0 Å². The van der Waals surface area contributed by atoms with E-state index in [-0.39, 0.29) is 5.91 Å². The van der Waals surface area contributed by atoms with Crippen molar-refractivity contribution in [3.63, 3.8) is 0 Å². The minimum atomic E-state index is -0.198. The quantitative estimate of drug-likeness (QED) is 0.348. The van der Waals surface area contributed by atoms with Gasteiger partial charge in [-0.3, -0.25) is 9.36 Å². The highest BCUT2D eigenvalue weighted by Gasteiger charge is 2.24. The molecule has 2 aromatic carbocycles. The molecule has 0 saturated heterocycles. The summed E-state index contributed by atoms with van der Waals surface area (Å²) >= 11 is 0. The third-order valence-corrected chi connectivity index (χ3v) is 5.89. The van der Waals surface area contributed by atoms with E-state index in [1.54, 1.807) is 0 Å². The Morgan fingerprint density at radius 2 is 1.62 bits per heavy atom. The molecule has 0 saturated carbocycles. The van der Waals surface area contributed by atoms with Crippen LogP contribution in [0, 0.1) is 0 Å². The minimum Gasteiger partial charge on any atom is -0.384 e. The Morgan fingerprint density at radius 1 is 0.938 bits per heavy atom. The van der Waals surface area contributed by atoms with Crippen molar-refractivity contribution >= 4 is 33.9 Å². The zero-order valence-electron chi connectivity index (χ0n) is 18.9. The maximum absolute atomic E-state index is 13.2. The standard InChI is InChI=1S/C26H31N5O/c1-3-5-6-7-10-17-28-26(32)22-23-25(30-21-12-9-8-11-20(21)29-23)31(24(22)27)19-15-13-18(4-2)14-16-19/h8-9,11-16H,3-7,10,17,27H2,1-2H3,(H,28,32). The van der Waals surface area contributed by atoms with E-state index in [0.717, 1.165) is 36.0 Å². The Labute approximate surface area is 188 Å². The highest BCUT2D eigenvalue weighted by molar-refractivity contribution is 6.11. The molecule has 166 valence electrons. The summed E-state index contributed by atoms with van der Waals surface area (Å²) in [5.74, 6) is 0.166. The molecule has 0 bridgehead atoms. The maximum atomic E-state index is 13.2. The van der Waals surface area contributed by atoms with Gasteiger partial charge in [0.1, 0.15) is 16.9 Å². The number of amides is 1. The molecule has 3 N–H and O–H groups in total. The number of aryl methyl sites for hydroxylation is 1. The van der Waals surface area contributed by atoms with Gasteiger partial charge in [0.2, 0.25) is 0 Å². The summed E-state index contributed by atoms with van der Waals surface area (Å²) in [5.41, 5.74) is 11.7. The van der Waals surface area contributed by atoms with Gasteiger partial charge in [0, 0.05) is 12.2 Å². The molecular weight excluding hydrogens is 398 g/mol. The lowest BCUT2D eigenvalue weighted by Crippen LogP contribution is -2.25. The van der Waals surface area contributed by atoms with Crippen molar-refractivity contribution in [1.29, 1.82) is 0 Å². The number of nitrogen functional groups attached to an aromatic ring is 1. The number of carbonyl (C=O) groups is 1. The van der Waals surface area contributed by atoms with Gasteiger partial charge < -0.3 is 11.1 Å². The fraction of sp³-hybridized carbons (Fsp3) is 0.346. The van der Waals surface area contributed by atoms with Gasteiger partial charge >= 0.3 is 0 Å². The summed E-state index contributed by atoms with van der Waals surface area (Å²) in [7, 11) is 0. The first-order valence-corrected chi connectivity index (χ1v) is 11.6. The monoisotopic (exact) mass is 429 g/mol. The number of unbranched alkanes of at least 4 members (excludes halogenated alkanes) is 4. The van der Waals surface area contributed by atoms with Crippen LogP contribution in [0.3, 0.4) is 0 Å². The second-order valence-corrected chi connectivity index (χ2v) is 8.17. The summed E-state index contributed by atoms with van der Waals surface area (Å²) in [5, 5.41) is 3.04. The predicted octanol–water partition coefficient (Wildman–Crippen LogP) is 5.42. The van der Waals surface area contributed by atoms with E-state index in [1.807, 2.05) is 41.0 Å². The van der Waals surface area contributed by atoms with Gasteiger partial charge in [-0.15, -0.1) is 0 Å². The lowest BCUT2D eigenvalue weighted by atomic mass is 10.1. The largest absolute Gasteiger partial charge is 0.384 e. The molecule has 2 heterocycles. The number of para-hydroxylation sites is 2. The number of fused-ring (bicyclic) bond motifs is 2. The number of nitrogens with two attached hydrogens (primary N) is 1. The Hall–Kier alpha value is -3.41. The lowest BCUT2D eigenvalue weighted by Gasteiger charge is -2.09. The highest BCUT2D eigenvalue weighted by Crippen LogP contribution is 2.31. The maximum Gasteiger partial charge on any atom is 0.257 e. The second-order valence-electron chi connectivity index (χ2n) is 8.17. The van der Waals surface area contributed by atoms with Crippen LogP contribution in [0.2, 0.25) is 0 Å². The highest BCUT2D eigenvalue weighted by atomic mass is 16.1. The normalized spacial score (nSPS) is 11.3. The molecule has 0 unspecified atom stereocenters. The molecule has 32 heavy (non-hydrogen) atoms. The van der Waals surface area contributed by atoms with Crippen LogP contribution >= 0.6 is 0 Å². The molecular formula is C26H31N5O. The molecule has 4 rings (SSSR count). The third-order valence-electron chi connectivity index (χ3n) is 5.89. The van der Waals surface area contributed by atoms with E-state index in [4.69, 9.17) is 15.7 Å². The van der Waals surface area contributed by atoms with Gasteiger partial charge in [-0.25, -0.2) is 9.97 Å². The van der Waals surface area contributed by atoms with E-state index in [1.165, 1.54) is 24.8 Å². The first-order valence-electron chi connectivity index (χ1n) is 11.6.